The van der Waals surface area contributed by atoms with Gasteiger partial charge in [-0.05, 0) is 46.5 Å². The summed E-state index contributed by atoms with van der Waals surface area (Å²) in [4.78, 5) is 22.4. The van der Waals surface area contributed by atoms with Crippen LogP contribution < -0.4 is 4.74 Å². The summed E-state index contributed by atoms with van der Waals surface area (Å²) in [5, 5.41) is 27.9. The maximum Gasteiger partial charge on any atom is 0.339 e. The van der Waals surface area contributed by atoms with E-state index in [1.165, 1.54) is 19.2 Å². The highest BCUT2D eigenvalue weighted by atomic mass is 16.4. The summed E-state index contributed by atoms with van der Waals surface area (Å²) in [5.74, 6) is -2.19. The Balaban J connectivity index is 1.73. The number of methoxy groups -OCH3 is 1. The standard InChI is InChI=1S/C25H20O6/c1-31-23-13-11-19(15-21(23)25(29)30)9-7-17-4-2-16(3-5-17)6-8-18-10-12-22(26)20(14-18)24(27)28/h2-15,26H,1H3,(H,27,28)(H,29,30)/b8-6+,9-7+/i1-1. The molecule has 0 aliphatic heterocycles. The van der Waals surface area contributed by atoms with Crippen LogP contribution in [0.5, 0.6) is 11.5 Å². The number of phenols is 1. The van der Waals surface area contributed by atoms with E-state index in [1.54, 1.807) is 30.3 Å². The lowest BCUT2D eigenvalue weighted by atomic mass is 10.1. The average Bonchev–Trinajstić information content (AvgIpc) is 2.77. The van der Waals surface area contributed by atoms with Crippen LogP contribution in [0.4, 0.5) is 0 Å². The first kappa shape index (κ1) is 21.4. The third-order valence-corrected chi connectivity index (χ3v) is 4.58. The summed E-state index contributed by atoms with van der Waals surface area (Å²) in [5.41, 5.74) is 3.21. The minimum atomic E-state index is -1.18. The van der Waals surface area contributed by atoms with Crippen molar-refractivity contribution in [2.45, 2.75) is 0 Å². The molecule has 0 unspecified atom stereocenters. The Labute approximate surface area is 179 Å². The number of carbonyl (C=O) groups is 2. The van der Waals surface area contributed by atoms with Gasteiger partial charge in [0.15, 0.2) is 0 Å². The first-order valence-electron chi connectivity index (χ1n) is 9.31. The van der Waals surface area contributed by atoms with Gasteiger partial charge in [0.25, 0.3) is 0 Å². The highest BCUT2D eigenvalue weighted by Crippen LogP contribution is 2.22. The van der Waals surface area contributed by atoms with Gasteiger partial charge in [-0.3, -0.25) is 0 Å². The molecule has 3 N–H and O–H groups in total. The Morgan fingerprint density at radius 2 is 1.10 bits per heavy atom. The molecule has 0 bridgehead atoms. The number of aromatic carboxylic acids is 2. The molecule has 3 aromatic carbocycles. The Bertz CT molecular complexity index is 1170. The molecule has 0 aliphatic carbocycles. The van der Waals surface area contributed by atoms with Crippen molar-refractivity contribution in [3.63, 3.8) is 0 Å². The van der Waals surface area contributed by atoms with Crippen LogP contribution in [-0.2, 0) is 0 Å². The van der Waals surface area contributed by atoms with E-state index in [-0.39, 0.29) is 16.9 Å². The fraction of sp³-hybridized carbons (Fsp3) is 0.0400. The zero-order valence-electron chi connectivity index (χ0n) is 16.6. The molecule has 0 fully saturated rings. The second-order valence-electron chi connectivity index (χ2n) is 6.68. The lowest BCUT2D eigenvalue weighted by Gasteiger charge is -2.05. The number of carboxylic acid groups (broad SMARTS) is 2. The molecule has 6 heteroatoms. The third-order valence-electron chi connectivity index (χ3n) is 4.58. The van der Waals surface area contributed by atoms with Gasteiger partial charge in [-0.2, -0.15) is 0 Å². The summed E-state index contributed by atoms with van der Waals surface area (Å²) >= 11 is 0. The monoisotopic (exact) mass is 415 g/mol. The second-order valence-corrected chi connectivity index (χ2v) is 6.68. The zero-order valence-corrected chi connectivity index (χ0v) is 16.6. The molecular formula is C25H20O6. The van der Waals surface area contributed by atoms with E-state index in [9.17, 15) is 19.8 Å². The predicted octanol–water partition coefficient (Wildman–Crippen LogP) is 5.14. The third kappa shape index (κ3) is 5.39. The number of hydrogen-bond donors (Lipinski definition) is 3. The maximum atomic E-state index is 11.3. The SMILES string of the molecule is [11CH3]Oc1ccc(/C=C/c2ccc(/C=C/c3ccc(O)c(C(=O)O)c3)cc2)cc1C(=O)O. The molecule has 0 saturated heterocycles. The summed E-state index contributed by atoms with van der Waals surface area (Å²) in [6, 6.07) is 17.0. The van der Waals surface area contributed by atoms with Gasteiger partial charge >= 0.3 is 11.9 Å². The van der Waals surface area contributed by atoms with Crippen LogP contribution in [0.25, 0.3) is 24.3 Å². The average molecular weight is 415 g/mol. The van der Waals surface area contributed by atoms with Crippen LogP contribution in [0, 0.1) is 0 Å². The Morgan fingerprint density at radius 3 is 1.58 bits per heavy atom. The fourth-order valence-corrected chi connectivity index (χ4v) is 2.93. The van der Waals surface area contributed by atoms with Crippen molar-refractivity contribution < 1.29 is 29.6 Å². The van der Waals surface area contributed by atoms with E-state index in [0.29, 0.717) is 11.3 Å². The predicted molar refractivity (Wildman–Crippen MR) is 119 cm³/mol. The zero-order chi connectivity index (χ0) is 22.4. The number of benzene rings is 3. The molecule has 156 valence electrons. The van der Waals surface area contributed by atoms with Gasteiger partial charge in [-0.1, -0.05) is 60.7 Å². The fourth-order valence-electron chi connectivity index (χ4n) is 2.93. The molecule has 0 spiro atoms. The van der Waals surface area contributed by atoms with Crippen LogP contribution >= 0.6 is 0 Å². The minimum Gasteiger partial charge on any atom is -0.507 e. The summed E-state index contributed by atoms with van der Waals surface area (Å²) < 4.78 is 5.06. The van der Waals surface area contributed by atoms with Gasteiger partial charge in [0.1, 0.15) is 22.6 Å². The molecule has 0 aromatic heterocycles. The molecule has 0 saturated carbocycles. The number of hydrogen-bond acceptors (Lipinski definition) is 4. The van der Waals surface area contributed by atoms with Gasteiger partial charge in [-0.25, -0.2) is 9.59 Å². The Morgan fingerprint density at radius 1 is 0.677 bits per heavy atom. The molecule has 3 aromatic rings. The lowest BCUT2D eigenvalue weighted by molar-refractivity contribution is 0.0682. The van der Waals surface area contributed by atoms with Crippen LogP contribution in [0.15, 0.2) is 60.7 Å². The van der Waals surface area contributed by atoms with Crippen LogP contribution in [0.3, 0.4) is 0 Å². The quantitative estimate of drug-likeness (QED) is 0.462. The van der Waals surface area contributed by atoms with Crippen molar-refractivity contribution >= 4 is 36.2 Å². The lowest BCUT2D eigenvalue weighted by Crippen LogP contribution is -2.00. The number of ether oxygens (including phenoxy) is 1. The molecule has 0 aliphatic rings. The highest BCUT2D eigenvalue weighted by molar-refractivity contribution is 5.92. The number of carboxylic acids is 2. The first-order valence-corrected chi connectivity index (χ1v) is 9.31. The van der Waals surface area contributed by atoms with Gasteiger partial charge in [0.2, 0.25) is 0 Å². The normalized spacial score (nSPS) is 11.1. The second kappa shape index (κ2) is 9.45. The van der Waals surface area contributed by atoms with Crippen molar-refractivity contribution in [1.29, 1.82) is 0 Å². The first-order chi connectivity index (χ1) is 14.9. The highest BCUT2D eigenvalue weighted by Gasteiger charge is 2.11. The molecule has 0 radical (unpaired) electrons. The molecule has 0 amide bonds. The molecule has 3 rings (SSSR count). The van der Waals surface area contributed by atoms with E-state index in [4.69, 9.17) is 9.84 Å². The van der Waals surface area contributed by atoms with Gasteiger partial charge in [0.05, 0.1) is 7.11 Å². The summed E-state index contributed by atoms with van der Waals surface area (Å²) in [7, 11) is 1.43. The molecule has 0 atom stereocenters. The van der Waals surface area contributed by atoms with Gasteiger partial charge in [-0.15, -0.1) is 0 Å². The summed E-state index contributed by atoms with van der Waals surface area (Å²) in [6.45, 7) is 0. The largest absolute Gasteiger partial charge is 0.507 e. The van der Waals surface area contributed by atoms with E-state index < -0.39 is 11.9 Å². The number of aromatic hydroxyl groups is 1. The van der Waals surface area contributed by atoms with E-state index in [2.05, 4.69) is 0 Å². The van der Waals surface area contributed by atoms with E-state index >= 15 is 0 Å². The van der Waals surface area contributed by atoms with Crippen LogP contribution in [0.2, 0.25) is 0 Å². The van der Waals surface area contributed by atoms with E-state index in [0.717, 1.165) is 16.7 Å². The topological polar surface area (TPSA) is 104 Å². The Hall–Kier alpha value is -4.32. The molecule has 31 heavy (non-hydrogen) atoms. The number of rotatable bonds is 7. The van der Waals surface area contributed by atoms with Crippen molar-refractivity contribution in [3.05, 3.63) is 94.0 Å². The smallest absolute Gasteiger partial charge is 0.339 e. The molecule has 0 heterocycles. The van der Waals surface area contributed by atoms with Crippen molar-refractivity contribution in [2.24, 2.45) is 0 Å². The molecular weight excluding hydrogens is 395 g/mol. The van der Waals surface area contributed by atoms with Gasteiger partial charge < -0.3 is 20.1 Å². The van der Waals surface area contributed by atoms with Crippen molar-refractivity contribution in [3.8, 4) is 11.5 Å². The Kier molecular flexibility index (Phi) is 6.52. The summed E-state index contributed by atoms with van der Waals surface area (Å²) in [6.07, 6.45) is 7.30. The molecule has 6 nitrogen and oxygen atoms in total. The minimum absolute atomic E-state index is 0.102. The van der Waals surface area contributed by atoms with Crippen molar-refractivity contribution in [1.82, 2.24) is 0 Å². The maximum absolute atomic E-state index is 11.3. The van der Waals surface area contributed by atoms with Crippen molar-refractivity contribution in [2.75, 3.05) is 7.11 Å². The van der Waals surface area contributed by atoms with Crippen LogP contribution in [0.1, 0.15) is 43.0 Å². The van der Waals surface area contributed by atoms with Gasteiger partial charge in [0, 0.05) is 0 Å². The van der Waals surface area contributed by atoms with Crippen LogP contribution in [-0.4, -0.2) is 34.4 Å². The van der Waals surface area contributed by atoms with E-state index in [1.807, 2.05) is 42.5 Å².